The number of aromatic nitrogens is 3. The van der Waals surface area contributed by atoms with Gasteiger partial charge < -0.3 is 25.4 Å². The van der Waals surface area contributed by atoms with Crippen LogP contribution in [-0.2, 0) is 11.3 Å². The van der Waals surface area contributed by atoms with Crippen molar-refractivity contribution in [2.75, 3.05) is 18.1 Å². The van der Waals surface area contributed by atoms with E-state index in [1.54, 1.807) is 19.1 Å². The summed E-state index contributed by atoms with van der Waals surface area (Å²) in [6.45, 7) is 4.03. The minimum atomic E-state index is -0.635. The van der Waals surface area contributed by atoms with E-state index in [9.17, 15) is 4.79 Å². The molecule has 9 nitrogen and oxygen atoms in total. The van der Waals surface area contributed by atoms with Crippen molar-refractivity contribution in [3.05, 3.63) is 35.3 Å². The highest BCUT2D eigenvalue weighted by Gasteiger charge is 2.20. The van der Waals surface area contributed by atoms with E-state index < -0.39 is 5.97 Å². The highest BCUT2D eigenvalue weighted by atomic mass is 16.5. The van der Waals surface area contributed by atoms with Gasteiger partial charge in [0.05, 0.1) is 6.61 Å². The molecule has 9 heteroatoms. The predicted octanol–water partition coefficient (Wildman–Crippen LogP) is 1.85. The molecule has 0 bridgehead atoms. The van der Waals surface area contributed by atoms with Crippen LogP contribution in [0.4, 0.5) is 11.9 Å². The molecule has 3 rings (SSSR count). The molecule has 25 heavy (non-hydrogen) atoms. The summed E-state index contributed by atoms with van der Waals surface area (Å²) in [5.41, 5.74) is 12.2. The first kappa shape index (κ1) is 16.5. The second-order valence-corrected chi connectivity index (χ2v) is 5.19. The Labute approximate surface area is 143 Å². The van der Waals surface area contributed by atoms with Crippen LogP contribution in [0.1, 0.15) is 28.9 Å². The van der Waals surface area contributed by atoms with Gasteiger partial charge in [0.15, 0.2) is 12.4 Å². The molecular formula is C16H17N5O4. The van der Waals surface area contributed by atoms with Crippen molar-refractivity contribution in [2.45, 2.75) is 20.5 Å². The summed E-state index contributed by atoms with van der Waals surface area (Å²) in [4.78, 5) is 23.7. The molecule has 0 unspecified atom stereocenters. The Morgan fingerprint density at radius 1 is 1.20 bits per heavy atom. The molecule has 2 heterocycles. The monoisotopic (exact) mass is 343 g/mol. The van der Waals surface area contributed by atoms with Gasteiger partial charge in [0.1, 0.15) is 11.3 Å². The van der Waals surface area contributed by atoms with Crippen LogP contribution in [0.25, 0.3) is 11.0 Å². The van der Waals surface area contributed by atoms with Crippen LogP contribution in [-0.4, -0.2) is 27.5 Å². The summed E-state index contributed by atoms with van der Waals surface area (Å²) in [7, 11) is 0. The van der Waals surface area contributed by atoms with E-state index in [0.717, 1.165) is 5.39 Å². The largest absolute Gasteiger partial charge is 0.494 e. The Morgan fingerprint density at radius 2 is 1.92 bits per heavy atom. The van der Waals surface area contributed by atoms with E-state index >= 15 is 0 Å². The minimum Gasteiger partial charge on any atom is -0.494 e. The van der Waals surface area contributed by atoms with E-state index in [0.29, 0.717) is 23.5 Å². The molecule has 0 saturated carbocycles. The number of hydrogen-bond donors (Lipinski definition) is 2. The first-order chi connectivity index (χ1) is 12.0. The molecule has 3 aromatic rings. The number of fused-ring (bicyclic) bond motifs is 1. The lowest BCUT2D eigenvalue weighted by molar-refractivity contribution is 0.0427. The average molecular weight is 343 g/mol. The topological polar surface area (TPSA) is 139 Å². The minimum absolute atomic E-state index is 0.0399. The molecule has 0 aliphatic carbocycles. The molecule has 2 aromatic heterocycles. The van der Waals surface area contributed by atoms with Gasteiger partial charge >= 0.3 is 5.97 Å². The summed E-state index contributed by atoms with van der Waals surface area (Å²) in [5.74, 6) is 0.257. The molecular weight excluding hydrogens is 326 g/mol. The number of anilines is 2. The van der Waals surface area contributed by atoms with E-state index in [1.165, 1.54) is 0 Å². The third-order valence-corrected chi connectivity index (χ3v) is 3.45. The SMILES string of the molecule is CCOc1ccc2oc(C(=O)OCc3nc(N)nc(N)n3)c(C)c2c1. The average Bonchev–Trinajstić information content (AvgIpc) is 2.89. The van der Waals surface area contributed by atoms with Gasteiger partial charge in [-0.15, -0.1) is 0 Å². The molecule has 0 amide bonds. The molecule has 0 aliphatic heterocycles. The molecule has 1 aromatic carbocycles. The van der Waals surface area contributed by atoms with Gasteiger partial charge in [-0.25, -0.2) is 4.79 Å². The van der Waals surface area contributed by atoms with Crippen LogP contribution in [0.15, 0.2) is 22.6 Å². The van der Waals surface area contributed by atoms with Crippen molar-refractivity contribution >= 4 is 28.8 Å². The molecule has 0 saturated heterocycles. The predicted molar refractivity (Wildman–Crippen MR) is 89.9 cm³/mol. The molecule has 4 N–H and O–H groups in total. The fourth-order valence-corrected chi connectivity index (χ4v) is 2.37. The number of esters is 1. The number of carbonyl (C=O) groups excluding carboxylic acids is 1. The second-order valence-electron chi connectivity index (χ2n) is 5.19. The van der Waals surface area contributed by atoms with Gasteiger partial charge in [-0.05, 0) is 32.0 Å². The number of furan rings is 1. The van der Waals surface area contributed by atoms with E-state index in [4.69, 9.17) is 25.4 Å². The normalized spacial score (nSPS) is 10.8. The lowest BCUT2D eigenvalue weighted by Gasteiger charge is -2.03. The number of ether oxygens (including phenoxy) is 2. The third kappa shape index (κ3) is 3.44. The quantitative estimate of drug-likeness (QED) is 0.664. The highest BCUT2D eigenvalue weighted by Crippen LogP contribution is 2.29. The Balaban J connectivity index is 1.80. The molecule has 0 aliphatic rings. The van der Waals surface area contributed by atoms with Crippen molar-refractivity contribution in [1.29, 1.82) is 0 Å². The summed E-state index contributed by atoms with van der Waals surface area (Å²) in [6.07, 6.45) is 0. The van der Waals surface area contributed by atoms with Gasteiger partial charge in [-0.3, -0.25) is 0 Å². The van der Waals surface area contributed by atoms with Crippen molar-refractivity contribution < 1.29 is 18.7 Å². The van der Waals surface area contributed by atoms with Crippen molar-refractivity contribution in [1.82, 2.24) is 15.0 Å². The Hall–Kier alpha value is -3.36. The van der Waals surface area contributed by atoms with Gasteiger partial charge in [0.2, 0.25) is 17.7 Å². The molecule has 0 atom stereocenters. The van der Waals surface area contributed by atoms with Crippen LogP contribution in [0.3, 0.4) is 0 Å². The number of benzene rings is 1. The fraction of sp³-hybridized carbons (Fsp3) is 0.250. The number of carbonyl (C=O) groups is 1. The maximum atomic E-state index is 12.3. The fourth-order valence-electron chi connectivity index (χ4n) is 2.37. The summed E-state index contributed by atoms with van der Waals surface area (Å²) >= 11 is 0. The molecule has 0 spiro atoms. The molecule has 0 radical (unpaired) electrons. The van der Waals surface area contributed by atoms with Gasteiger partial charge in [0, 0.05) is 10.9 Å². The maximum Gasteiger partial charge on any atom is 0.375 e. The van der Waals surface area contributed by atoms with E-state index in [1.807, 2.05) is 13.0 Å². The number of nitrogens with two attached hydrogens (primary N) is 2. The number of aryl methyl sites for hydroxylation is 1. The van der Waals surface area contributed by atoms with Gasteiger partial charge in [-0.1, -0.05) is 0 Å². The third-order valence-electron chi connectivity index (χ3n) is 3.45. The van der Waals surface area contributed by atoms with Crippen LogP contribution < -0.4 is 16.2 Å². The zero-order valence-electron chi connectivity index (χ0n) is 13.8. The number of rotatable bonds is 5. The lowest BCUT2D eigenvalue weighted by Crippen LogP contribution is -2.11. The highest BCUT2D eigenvalue weighted by molar-refractivity contribution is 5.96. The first-order valence-corrected chi connectivity index (χ1v) is 7.57. The van der Waals surface area contributed by atoms with Crippen LogP contribution in [0, 0.1) is 6.92 Å². The van der Waals surface area contributed by atoms with Crippen molar-refractivity contribution in [3.8, 4) is 5.75 Å². The van der Waals surface area contributed by atoms with E-state index in [2.05, 4.69) is 15.0 Å². The van der Waals surface area contributed by atoms with E-state index in [-0.39, 0.29) is 30.1 Å². The Morgan fingerprint density at radius 3 is 2.60 bits per heavy atom. The maximum absolute atomic E-state index is 12.3. The first-order valence-electron chi connectivity index (χ1n) is 7.57. The van der Waals surface area contributed by atoms with Crippen LogP contribution >= 0.6 is 0 Å². The molecule has 130 valence electrons. The second kappa shape index (κ2) is 6.63. The van der Waals surface area contributed by atoms with Gasteiger partial charge in [-0.2, -0.15) is 15.0 Å². The standard InChI is InChI=1S/C16H17N5O4/c1-3-23-9-4-5-11-10(6-9)8(2)13(25-11)14(22)24-7-12-19-15(17)21-16(18)20-12/h4-6H,3,7H2,1-2H3,(H4,17,18,19,20,21). The molecule has 0 fully saturated rings. The van der Waals surface area contributed by atoms with Crippen LogP contribution in [0.5, 0.6) is 5.75 Å². The van der Waals surface area contributed by atoms with Crippen LogP contribution in [0.2, 0.25) is 0 Å². The number of nitrogen functional groups attached to an aromatic ring is 2. The summed E-state index contributed by atoms with van der Waals surface area (Å²) in [5, 5.41) is 0.784. The number of hydrogen-bond acceptors (Lipinski definition) is 9. The zero-order chi connectivity index (χ0) is 18.0. The Kier molecular flexibility index (Phi) is 4.38. The lowest BCUT2D eigenvalue weighted by atomic mass is 10.1. The van der Waals surface area contributed by atoms with Crippen molar-refractivity contribution in [3.63, 3.8) is 0 Å². The smallest absolute Gasteiger partial charge is 0.375 e. The van der Waals surface area contributed by atoms with Gasteiger partial charge in [0.25, 0.3) is 0 Å². The van der Waals surface area contributed by atoms with Crippen molar-refractivity contribution in [2.24, 2.45) is 0 Å². The number of nitrogens with zero attached hydrogens (tertiary/aromatic N) is 3. The Bertz CT molecular complexity index is 917. The summed E-state index contributed by atoms with van der Waals surface area (Å²) < 4.78 is 16.2. The summed E-state index contributed by atoms with van der Waals surface area (Å²) in [6, 6.07) is 5.35. The zero-order valence-corrected chi connectivity index (χ0v) is 13.8.